The molecule has 1 aliphatic rings. The van der Waals surface area contributed by atoms with Crippen molar-refractivity contribution in [2.45, 2.75) is 45.6 Å². The van der Waals surface area contributed by atoms with E-state index in [0.717, 1.165) is 41.8 Å². The van der Waals surface area contributed by atoms with Crippen molar-refractivity contribution in [2.75, 3.05) is 13.2 Å². The monoisotopic (exact) mass is 281 g/mol. The fraction of sp³-hybridized carbons (Fsp3) is 0.625. The van der Waals surface area contributed by atoms with Crippen molar-refractivity contribution in [1.82, 2.24) is 5.32 Å². The average molecular weight is 282 g/mol. The van der Waals surface area contributed by atoms with Gasteiger partial charge in [-0.15, -0.1) is 0 Å². The minimum Gasteiger partial charge on any atom is -0.494 e. The van der Waals surface area contributed by atoms with Crippen molar-refractivity contribution >= 4 is 11.6 Å². The molecule has 0 radical (unpaired) electrons. The molecular formula is C16H24ClNO. The molecule has 0 aliphatic heterocycles. The van der Waals surface area contributed by atoms with E-state index in [1.54, 1.807) is 0 Å². The van der Waals surface area contributed by atoms with Crippen LogP contribution in [0.4, 0.5) is 0 Å². The van der Waals surface area contributed by atoms with Gasteiger partial charge in [-0.05, 0) is 62.4 Å². The van der Waals surface area contributed by atoms with Crippen LogP contribution in [0.5, 0.6) is 5.75 Å². The van der Waals surface area contributed by atoms with Gasteiger partial charge in [-0.3, -0.25) is 0 Å². The number of hydrogen-bond acceptors (Lipinski definition) is 2. The van der Waals surface area contributed by atoms with E-state index >= 15 is 0 Å². The average Bonchev–Trinajstić information content (AvgIpc) is 2.82. The Kier molecular flexibility index (Phi) is 5.53. The van der Waals surface area contributed by atoms with Crippen LogP contribution in [-0.4, -0.2) is 19.2 Å². The predicted molar refractivity (Wildman–Crippen MR) is 81.1 cm³/mol. The molecule has 2 nitrogen and oxygen atoms in total. The second kappa shape index (κ2) is 7.16. The van der Waals surface area contributed by atoms with Crippen LogP contribution < -0.4 is 10.1 Å². The molecule has 1 N–H and O–H groups in total. The first-order chi connectivity index (χ1) is 9.20. The summed E-state index contributed by atoms with van der Waals surface area (Å²) < 4.78 is 5.84. The van der Waals surface area contributed by atoms with Crippen molar-refractivity contribution in [3.63, 3.8) is 0 Å². The van der Waals surface area contributed by atoms with Crippen LogP contribution in [0.15, 0.2) is 18.2 Å². The second-order valence-corrected chi connectivity index (χ2v) is 5.81. The molecule has 0 heterocycles. The van der Waals surface area contributed by atoms with E-state index in [0.29, 0.717) is 6.04 Å². The molecule has 2 unspecified atom stereocenters. The highest BCUT2D eigenvalue weighted by Gasteiger charge is 2.25. The number of hydrogen-bond donors (Lipinski definition) is 1. The van der Waals surface area contributed by atoms with Crippen LogP contribution in [0, 0.1) is 12.8 Å². The summed E-state index contributed by atoms with van der Waals surface area (Å²) >= 11 is 6.01. The smallest absolute Gasteiger partial charge is 0.119 e. The number of ether oxygens (including phenoxy) is 1. The molecule has 106 valence electrons. The molecule has 2 atom stereocenters. The van der Waals surface area contributed by atoms with E-state index in [9.17, 15) is 0 Å². The molecule has 0 bridgehead atoms. The van der Waals surface area contributed by atoms with Gasteiger partial charge >= 0.3 is 0 Å². The van der Waals surface area contributed by atoms with Gasteiger partial charge in [0, 0.05) is 11.1 Å². The zero-order valence-corrected chi connectivity index (χ0v) is 12.7. The Hall–Kier alpha value is -0.730. The number of aryl methyl sites for hydroxylation is 1. The molecule has 2 rings (SSSR count). The van der Waals surface area contributed by atoms with Crippen LogP contribution in [0.25, 0.3) is 0 Å². The molecule has 0 aromatic heterocycles. The summed E-state index contributed by atoms with van der Waals surface area (Å²) in [6, 6.07) is 6.56. The molecule has 1 aliphatic carbocycles. The molecule has 19 heavy (non-hydrogen) atoms. The van der Waals surface area contributed by atoms with Gasteiger partial charge in [0.15, 0.2) is 0 Å². The SMILES string of the molecule is CCNC1CCCC1CCOc1ccc(Cl)c(C)c1. The molecule has 0 amide bonds. The lowest BCUT2D eigenvalue weighted by molar-refractivity contribution is 0.261. The lowest BCUT2D eigenvalue weighted by Crippen LogP contribution is -2.32. The zero-order chi connectivity index (χ0) is 13.7. The van der Waals surface area contributed by atoms with Gasteiger partial charge in [0.25, 0.3) is 0 Å². The molecule has 0 saturated heterocycles. The summed E-state index contributed by atoms with van der Waals surface area (Å²) in [5.74, 6) is 1.70. The van der Waals surface area contributed by atoms with Gasteiger partial charge in [-0.1, -0.05) is 24.9 Å². The first kappa shape index (κ1) is 14.7. The quantitative estimate of drug-likeness (QED) is 0.844. The van der Waals surface area contributed by atoms with Crippen LogP contribution in [-0.2, 0) is 0 Å². The first-order valence-electron chi connectivity index (χ1n) is 7.33. The number of halogens is 1. The molecule has 1 saturated carbocycles. The van der Waals surface area contributed by atoms with Crippen LogP contribution in [0.1, 0.15) is 38.2 Å². The van der Waals surface area contributed by atoms with Crippen molar-refractivity contribution < 1.29 is 4.74 Å². The Morgan fingerprint density at radius 3 is 2.95 bits per heavy atom. The Bertz CT molecular complexity index is 408. The maximum absolute atomic E-state index is 6.01. The fourth-order valence-corrected chi connectivity index (χ4v) is 3.07. The van der Waals surface area contributed by atoms with E-state index in [1.165, 1.54) is 19.3 Å². The van der Waals surface area contributed by atoms with Crippen molar-refractivity contribution in [1.29, 1.82) is 0 Å². The van der Waals surface area contributed by atoms with Crippen molar-refractivity contribution in [2.24, 2.45) is 5.92 Å². The molecular weight excluding hydrogens is 258 g/mol. The molecule has 1 aromatic rings. The van der Waals surface area contributed by atoms with Crippen LogP contribution >= 0.6 is 11.6 Å². The van der Waals surface area contributed by atoms with E-state index < -0.39 is 0 Å². The van der Waals surface area contributed by atoms with E-state index in [1.807, 2.05) is 25.1 Å². The summed E-state index contributed by atoms with van der Waals surface area (Å²) in [7, 11) is 0. The summed E-state index contributed by atoms with van der Waals surface area (Å²) in [6.07, 6.45) is 5.14. The lowest BCUT2D eigenvalue weighted by Gasteiger charge is -2.20. The standard InChI is InChI=1S/C16H24ClNO/c1-3-18-16-6-4-5-13(16)9-10-19-14-7-8-15(17)12(2)11-14/h7-8,11,13,16,18H,3-6,9-10H2,1-2H3. The number of nitrogens with one attached hydrogen (secondary N) is 1. The molecule has 3 heteroatoms. The number of benzene rings is 1. The number of rotatable bonds is 6. The van der Waals surface area contributed by atoms with Crippen LogP contribution in [0.3, 0.4) is 0 Å². The van der Waals surface area contributed by atoms with Crippen LogP contribution in [0.2, 0.25) is 5.02 Å². The molecule has 0 spiro atoms. The minimum atomic E-state index is 0.695. The van der Waals surface area contributed by atoms with Crippen molar-refractivity contribution in [3.05, 3.63) is 28.8 Å². The topological polar surface area (TPSA) is 21.3 Å². The fourth-order valence-electron chi connectivity index (χ4n) is 2.95. The maximum Gasteiger partial charge on any atom is 0.119 e. The third-order valence-electron chi connectivity index (χ3n) is 4.01. The summed E-state index contributed by atoms with van der Waals surface area (Å²) in [5, 5.41) is 4.39. The molecule has 1 fully saturated rings. The van der Waals surface area contributed by atoms with E-state index in [-0.39, 0.29) is 0 Å². The third kappa shape index (κ3) is 4.12. The largest absolute Gasteiger partial charge is 0.494 e. The minimum absolute atomic E-state index is 0.695. The summed E-state index contributed by atoms with van der Waals surface area (Å²) in [5.41, 5.74) is 1.07. The highest BCUT2D eigenvalue weighted by atomic mass is 35.5. The molecule has 1 aromatic carbocycles. The highest BCUT2D eigenvalue weighted by Crippen LogP contribution is 2.29. The summed E-state index contributed by atoms with van der Waals surface area (Å²) in [6.45, 7) is 6.06. The Labute approximate surface area is 121 Å². The van der Waals surface area contributed by atoms with E-state index in [2.05, 4.69) is 12.2 Å². The Morgan fingerprint density at radius 2 is 2.21 bits per heavy atom. The predicted octanol–water partition coefficient (Wildman–Crippen LogP) is 4.20. The van der Waals surface area contributed by atoms with E-state index in [4.69, 9.17) is 16.3 Å². The third-order valence-corrected chi connectivity index (χ3v) is 4.44. The van der Waals surface area contributed by atoms with Crippen molar-refractivity contribution in [3.8, 4) is 5.75 Å². The maximum atomic E-state index is 6.01. The lowest BCUT2D eigenvalue weighted by atomic mass is 10.00. The van der Waals surface area contributed by atoms with Gasteiger partial charge in [-0.2, -0.15) is 0 Å². The second-order valence-electron chi connectivity index (χ2n) is 5.40. The van der Waals surface area contributed by atoms with Gasteiger partial charge in [0.2, 0.25) is 0 Å². The Balaban J connectivity index is 1.78. The normalized spacial score (nSPS) is 22.7. The summed E-state index contributed by atoms with van der Waals surface area (Å²) in [4.78, 5) is 0. The zero-order valence-electron chi connectivity index (χ0n) is 11.9. The highest BCUT2D eigenvalue weighted by molar-refractivity contribution is 6.31. The van der Waals surface area contributed by atoms with Gasteiger partial charge in [0.1, 0.15) is 5.75 Å². The van der Waals surface area contributed by atoms with Gasteiger partial charge in [0.05, 0.1) is 6.61 Å². The van der Waals surface area contributed by atoms with Gasteiger partial charge < -0.3 is 10.1 Å². The Morgan fingerprint density at radius 1 is 1.37 bits per heavy atom. The first-order valence-corrected chi connectivity index (χ1v) is 7.71. The van der Waals surface area contributed by atoms with Gasteiger partial charge in [-0.25, -0.2) is 0 Å².